The van der Waals surface area contributed by atoms with Crippen LogP contribution in [0, 0.1) is 12.3 Å². The number of H-pyrrole nitrogens is 1. The van der Waals surface area contributed by atoms with Crippen LogP contribution < -0.4 is 0 Å². The third kappa shape index (κ3) is 3.61. The second kappa shape index (κ2) is 7.95. The van der Waals surface area contributed by atoms with Crippen LogP contribution >= 0.6 is 0 Å². The van der Waals surface area contributed by atoms with Crippen LogP contribution in [-0.2, 0) is 10.0 Å². The Labute approximate surface area is 160 Å². The smallest absolute Gasteiger partial charge is 0.243 e. The highest BCUT2D eigenvalue weighted by Crippen LogP contribution is 2.29. The van der Waals surface area contributed by atoms with Crippen molar-refractivity contribution in [3.8, 4) is 23.5 Å². The van der Waals surface area contributed by atoms with Gasteiger partial charge in [-0.15, -0.1) is 6.42 Å². The van der Waals surface area contributed by atoms with E-state index in [1.165, 1.54) is 0 Å². The van der Waals surface area contributed by atoms with Gasteiger partial charge in [0.2, 0.25) is 10.0 Å². The molecule has 1 aliphatic rings. The van der Waals surface area contributed by atoms with E-state index in [0.29, 0.717) is 23.7 Å². The molecule has 27 heavy (non-hydrogen) atoms. The van der Waals surface area contributed by atoms with Gasteiger partial charge < -0.3 is 4.98 Å². The Bertz CT molecular complexity index is 1070. The highest BCUT2D eigenvalue weighted by molar-refractivity contribution is 7.89. The average molecular weight is 382 g/mol. The third-order valence-corrected chi connectivity index (χ3v) is 6.47. The van der Waals surface area contributed by atoms with Crippen LogP contribution in [0.25, 0.3) is 22.2 Å². The normalized spacial score (nSPS) is 14.6. The molecule has 0 spiro atoms. The molecule has 1 aliphatic heterocycles. The van der Waals surface area contributed by atoms with Crippen molar-refractivity contribution < 1.29 is 8.42 Å². The SMILES string of the molecule is C#Cc1cc2c(-c3ccc(S(=O)(=O)N4CCCC4)cc3)ccnc2[nH]1.CC. The number of rotatable bonds is 3. The number of nitrogens with one attached hydrogen (secondary N) is 1. The van der Waals surface area contributed by atoms with Gasteiger partial charge in [0.15, 0.2) is 0 Å². The van der Waals surface area contributed by atoms with Crippen molar-refractivity contribution in [1.82, 2.24) is 14.3 Å². The molecule has 4 rings (SSSR count). The minimum Gasteiger partial charge on any atom is -0.333 e. The first-order valence-electron chi connectivity index (χ1n) is 9.14. The second-order valence-electron chi connectivity index (χ2n) is 6.08. The molecule has 1 fully saturated rings. The summed E-state index contributed by atoms with van der Waals surface area (Å²) >= 11 is 0. The fourth-order valence-electron chi connectivity index (χ4n) is 3.24. The van der Waals surface area contributed by atoms with Crippen molar-refractivity contribution in [2.24, 2.45) is 0 Å². The lowest BCUT2D eigenvalue weighted by atomic mass is 10.0. The first kappa shape index (κ1) is 19.2. The van der Waals surface area contributed by atoms with E-state index in [2.05, 4.69) is 15.9 Å². The topological polar surface area (TPSA) is 66.1 Å². The maximum Gasteiger partial charge on any atom is 0.243 e. The van der Waals surface area contributed by atoms with Gasteiger partial charge >= 0.3 is 0 Å². The van der Waals surface area contributed by atoms with Crippen LogP contribution in [0.5, 0.6) is 0 Å². The molecule has 0 bridgehead atoms. The van der Waals surface area contributed by atoms with E-state index in [4.69, 9.17) is 6.42 Å². The number of aromatic amines is 1. The van der Waals surface area contributed by atoms with E-state index in [9.17, 15) is 8.42 Å². The van der Waals surface area contributed by atoms with Crippen LogP contribution in [0.4, 0.5) is 0 Å². The number of terminal acetylenes is 1. The molecule has 0 atom stereocenters. The van der Waals surface area contributed by atoms with Crippen molar-refractivity contribution in [3.63, 3.8) is 0 Å². The van der Waals surface area contributed by atoms with Crippen LogP contribution in [0.3, 0.4) is 0 Å². The fraction of sp³-hybridized carbons (Fsp3) is 0.286. The lowest BCUT2D eigenvalue weighted by Crippen LogP contribution is -2.27. The van der Waals surface area contributed by atoms with Gasteiger partial charge in [-0.05, 0) is 48.2 Å². The van der Waals surface area contributed by atoms with E-state index < -0.39 is 10.0 Å². The summed E-state index contributed by atoms with van der Waals surface area (Å²) in [5, 5.41) is 0.922. The molecule has 140 valence electrons. The summed E-state index contributed by atoms with van der Waals surface area (Å²) in [5.41, 5.74) is 3.28. The number of fused-ring (bicyclic) bond motifs is 1. The Kier molecular flexibility index (Phi) is 5.64. The number of aromatic nitrogens is 2. The largest absolute Gasteiger partial charge is 0.333 e. The van der Waals surface area contributed by atoms with Crippen molar-refractivity contribution in [2.75, 3.05) is 13.1 Å². The molecule has 0 aliphatic carbocycles. The first-order chi connectivity index (χ1) is 13.1. The Morgan fingerprint density at radius 2 is 1.78 bits per heavy atom. The predicted octanol–water partition coefficient (Wildman–Crippen LogP) is 4.02. The number of hydrogen-bond acceptors (Lipinski definition) is 3. The van der Waals surface area contributed by atoms with Crippen molar-refractivity contribution in [2.45, 2.75) is 31.6 Å². The molecule has 0 unspecified atom stereocenters. The quantitative estimate of drug-likeness (QED) is 0.697. The standard InChI is InChI=1S/C19H17N3O2S.C2H6/c1-2-15-13-18-17(9-10-20-19(18)21-15)14-5-7-16(8-6-14)25(23,24)22-11-3-4-12-22;1-2/h1,5-10,13H,3-4,11-12H2,(H,20,21);1-2H3. The van der Waals surface area contributed by atoms with Crippen LogP contribution in [-0.4, -0.2) is 35.8 Å². The molecule has 1 saturated heterocycles. The van der Waals surface area contributed by atoms with Gasteiger partial charge in [-0.3, -0.25) is 0 Å². The molecule has 1 aromatic carbocycles. The zero-order valence-corrected chi connectivity index (χ0v) is 16.4. The van der Waals surface area contributed by atoms with Gasteiger partial charge in [0.05, 0.1) is 10.6 Å². The number of sulfonamides is 1. The summed E-state index contributed by atoms with van der Waals surface area (Å²) < 4.78 is 26.8. The molecular formula is C21H23N3O2S. The third-order valence-electron chi connectivity index (χ3n) is 4.56. The lowest BCUT2D eigenvalue weighted by molar-refractivity contribution is 0.477. The average Bonchev–Trinajstić information content (AvgIpc) is 3.39. The number of pyridine rings is 1. The number of hydrogen-bond donors (Lipinski definition) is 1. The van der Waals surface area contributed by atoms with Crippen LogP contribution in [0.2, 0.25) is 0 Å². The van der Waals surface area contributed by atoms with Gasteiger partial charge in [0.1, 0.15) is 5.65 Å². The molecule has 2 aromatic heterocycles. The molecule has 1 N–H and O–H groups in total. The minimum absolute atomic E-state index is 0.335. The zero-order valence-electron chi connectivity index (χ0n) is 15.6. The molecule has 0 radical (unpaired) electrons. The second-order valence-corrected chi connectivity index (χ2v) is 8.02. The van der Waals surface area contributed by atoms with E-state index in [-0.39, 0.29) is 0 Å². The van der Waals surface area contributed by atoms with Gasteiger partial charge in [-0.1, -0.05) is 31.9 Å². The monoisotopic (exact) mass is 381 g/mol. The summed E-state index contributed by atoms with van der Waals surface area (Å²) in [6.45, 7) is 5.21. The Morgan fingerprint density at radius 1 is 1.11 bits per heavy atom. The molecule has 6 heteroatoms. The molecule has 3 heterocycles. The van der Waals surface area contributed by atoms with Crippen LogP contribution in [0.1, 0.15) is 32.4 Å². The highest BCUT2D eigenvalue weighted by atomic mass is 32.2. The van der Waals surface area contributed by atoms with Gasteiger partial charge in [0.25, 0.3) is 0 Å². The van der Waals surface area contributed by atoms with Crippen molar-refractivity contribution in [3.05, 3.63) is 48.3 Å². The predicted molar refractivity (Wildman–Crippen MR) is 109 cm³/mol. The maximum absolute atomic E-state index is 12.6. The maximum atomic E-state index is 12.6. The molecular weight excluding hydrogens is 358 g/mol. The summed E-state index contributed by atoms with van der Waals surface area (Å²) in [4.78, 5) is 7.70. The zero-order chi connectivity index (χ0) is 19.4. The fourth-order valence-corrected chi connectivity index (χ4v) is 4.76. The summed E-state index contributed by atoms with van der Waals surface area (Å²) in [5.74, 6) is 2.57. The van der Waals surface area contributed by atoms with Gasteiger partial charge in [0, 0.05) is 24.7 Å². The number of nitrogens with zero attached hydrogens (tertiary/aromatic N) is 2. The lowest BCUT2D eigenvalue weighted by Gasteiger charge is -2.15. The Hall–Kier alpha value is -2.62. The van der Waals surface area contributed by atoms with E-state index in [0.717, 1.165) is 35.0 Å². The number of benzene rings is 1. The summed E-state index contributed by atoms with van der Waals surface area (Å²) in [6, 6.07) is 10.8. The highest BCUT2D eigenvalue weighted by Gasteiger charge is 2.27. The summed E-state index contributed by atoms with van der Waals surface area (Å²) in [6.07, 6.45) is 9.02. The summed E-state index contributed by atoms with van der Waals surface area (Å²) in [7, 11) is -3.39. The van der Waals surface area contributed by atoms with Gasteiger partial charge in [-0.2, -0.15) is 4.31 Å². The minimum atomic E-state index is -3.39. The van der Waals surface area contributed by atoms with Crippen LogP contribution in [0.15, 0.2) is 47.5 Å². The van der Waals surface area contributed by atoms with Gasteiger partial charge in [-0.25, -0.2) is 13.4 Å². The molecule has 0 saturated carbocycles. The van der Waals surface area contributed by atoms with E-state index in [1.807, 2.05) is 38.1 Å². The Morgan fingerprint density at radius 3 is 2.41 bits per heavy atom. The van der Waals surface area contributed by atoms with Crippen molar-refractivity contribution >= 4 is 21.1 Å². The molecule has 0 amide bonds. The van der Waals surface area contributed by atoms with Crippen molar-refractivity contribution in [1.29, 1.82) is 0 Å². The molecule has 5 nitrogen and oxygen atoms in total. The van der Waals surface area contributed by atoms with E-state index in [1.54, 1.807) is 22.6 Å². The Balaban J connectivity index is 0.00000102. The first-order valence-corrected chi connectivity index (χ1v) is 10.6. The molecule has 3 aromatic rings. The van der Waals surface area contributed by atoms with E-state index >= 15 is 0 Å².